The van der Waals surface area contributed by atoms with E-state index in [2.05, 4.69) is 0 Å². The summed E-state index contributed by atoms with van der Waals surface area (Å²) in [5.74, 6) is -2.23. The Balaban J connectivity index is 0.00000228. The lowest BCUT2D eigenvalue weighted by Crippen LogP contribution is -2.61. The van der Waals surface area contributed by atoms with Crippen molar-refractivity contribution in [3.63, 3.8) is 0 Å². The molecule has 0 saturated heterocycles. The predicted molar refractivity (Wildman–Crippen MR) is 127 cm³/mol. The molecule has 0 aromatic carbocycles. The minimum atomic E-state index is -1.53. The number of carbonyl (C=O) groups excluding carboxylic acids is 5. The van der Waals surface area contributed by atoms with Crippen LogP contribution in [0.25, 0.3) is 0 Å². The Morgan fingerprint density at radius 1 is 1.09 bits per heavy atom. The van der Waals surface area contributed by atoms with Gasteiger partial charge in [0.1, 0.15) is 5.78 Å². The van der Waals surface area contributed by atoms with Crippen LogP contribution in [0.5, 0.6) is 0 Å². The van der Waals surface area contributed by atoms with Crippen LogP contribution in [0.4, 0.5) is 0 Å². The molecule has 2 unspecified atom stereocenters. The van der Waals surface area contributed by atoms with Gasteiger partial charge in [-0.25, -0.2) is 0 Å². The van der Waals surface area contributed by atoms with Gasteiger partial charge in [0.05, 0.1) is 0 Å². The van der Waals surface area contributed by atoms with Crippen LogP contribution in [0.2, 0.25) is 0 Å². The Hall–Kier alpha value is -2.83. The van der Waals surface area contributed by atoms with Crippen LogP contribution in [0, 0.1) is 28.6 Å². The first-order valence-corrected chi connectivity index (χ1v) is 12.1. The van der Waals surface area contributed by atoms with E-state index in [1.54, 1.807) is 19.9 Å². The van der Waals surface area contributed by atoms with Gasteiger partial charge < -0.3 is 9.47 Å². The molecule has 4 rings (SSSR count). The molecule has 4 aliphatic carbocycles. The number of esters is 2. The van der Waals surface area contributed by atoms with Crippen LogP contribution >= 0.6 is 0 Å². The zero-order chi connectivity index (χ0) is 24.9. The molecule has 4 aliphatic rings. The topological polar surface area (TPSA) is 104 Å². The number of hydrogen-bond donors (Lipinski definition) is 0. The first-order chi connectivity index (χ1) is 16.0. The molecule has 7 nitrogen and oxygen atoms in total. The molecule has 0 amide bonds. The molecule has 0 radical (unpaired) electrons. The van der Waals surface area contributed by atoms with Gasteiger partial charge in [-0.1, -0.05) is 45.9 Å². The quantitative estimate of drug-likeness (QED) is 0.539. The average molecular weight is 473 g/mol. The largest absolute Gasteiger partial charge is 0.457 e. The van der Waals surface area contributed by atoms with E-state index in [1.165, 1.54) is 6.08 Å². The van der Waals surface area contributed by atoms with Crippen LogP contribution in [0.1, 0.15) is 62.7 Å². The first kappa shape index (κ1) is 24.3. The Labute approximate surface area is 202 Å². The second-order valence-electron chi connectivity index (χ2n) is 10.3. The van der Waals surface area contributed by atoms with Gasteiger partial charge in [0.15, 0.2) is 18.0 Å². The molecule has 0 spiro atoms. The zero-order valence-electron chi connectivity index (χ0n) is 20.2. The normalized spacial score (nSPS) is 37.9. The molecule has 2 fully saturated rings. The monoisotopic (exact) mass is 472 g/mol. The van der Waals surface area contributed by atoms with Gasteiger partial charge in [0.2, 0.25) is 5.78 Å². The third-order valence-electron chi connectivity index (χ3n) is 8.62. The standard InChI is InChI=1S/C27H32O7.2H2/c1-5-22(31)33-15-21(30)27(34-23(32)6-2)12-10-19-18-8-7-16-13-17(28)9-11-25(16,3)24(18)20(29)14-26(19,27)4;;/h7-9,11,13,18-19,24H,5-6,10,12,14-15H2,1-4H3;2*1H/t18-,19?,24?,25-,26-,27-;;/m0../s1. The third-order valence-corrected chi connectivity index (χ3v) is 8.62. The van der Waals surface area contributed by atoms with Crippen molar-refractivity contribution < 1.29 is 36.3 Å². The van der Waals surface area contributed by atoms with E-state index in [0.717, 1.165) is 5.57 Å². The van der Waals surface area contributed by atoms with E-state index in [1.807, 2.05) is 32.1 Å². The van der Waals surface area contributed by atoms with Crippen LogP contribution in [0.3, 0.4) is 0 Å². The van der Waals surface area contributed by atoms with Crippen molar-refractivity contribution >= 4 is 29.3 Å². The number of carbonyl (C=O) groups is 5. The molecule has 6 atom stereocenters. The molecule has 7 heteroatoms. The van der Waals surface area contributed by atoms with Crippen molar-refractivity contribution in [2.24, 2.45) is 28.6 Å². The Kier molecular flexibility index (Phi) is 6.03. The predicted octanol–water partition coefficient (Wildman–Crippen LogP) is 3.96. The summed E-state index contributed by atoms with van der Waals surface area (Å²) in [5.41, 5.74) is -2.23. The number of ether oxygens (including phenoxy) is 2. The zero-order valence-corrected chi connectivity index (χ0v) is 20.2. The molecular weight excluding hydrogens is 436 g/mol. The highest BCUT2D eigenvalue weighted by atomic mass is 16.6. The number of ketones is 3. The highest BCUT2D eigenvalue weighted by molar-refractivity contribution is 6.02. The number of allylic oxidation sites excluding steroid dienone is 6. The summed E-state index contributed by atoms with van der Waals surface area (Å²) in [6.45, 7) is 6.66. The lowest BCUT2D eigenvalue weighted by Gasteiger charge is -2.55. The van der Waals surface area contributed by atoms with E-state index < -0.39 is 40.8 Å². The maximum Gasteiger partial charge on any atom is 0.306 e. The van der Waals surface area contributed by atoms with E-state index >= 15 is 0 Å². The van der Waals surface area contributed by atoms with Gasteiger partial charge in [-0.05, 0) is 42.4 Å². The molecule has 0 bridgehead atoms. The Bertz CT molecular complexity index is 1060. The molecule has 0 aromatic heterocycles. The lowest BCUT2D eigenvalue weighted by molar-refractivity contribution is -0.190. The van der Waals surface area contributed by atoms with Gasteiger partial charge in [-0.3, -0.25) is 24.0 Å². The van der Waals surface area contributed by atoms with Gasteiger partial charge in [0, 0.05) is 38.9 Å². The first-order valence-electron chi connectivity index (χ1n) is 12.1. The lowest BCUT2D eigenvalue weighted by atomic mass is 9.48. The van der Waals surface area contributed by atoms with E-state index in [-0.39, 0.29) is 57.9 Å². The number of Topliss-reactive ketones (excluding diaryl/α,β-unsaturated/α-hetero) is 2. The third kappa shape index (κ3) is 3.43. The molecule has 2 saturated carbocycles. The highest BCUT2D eigenvalue weighted by Gasteiger charge is 2.70. The molecular formula is C27H36O7. The number of rotatable bonds is 6. The van der Waals surface area contributed by atoms with Crippen LogP contribution in [-0.4, -0.2) is 41.5 Å². The maximum atomic E-state index is 13.8. The van der Waals surface area contributed by atoms with Crippen molar-refractivity contribution in [3.05, 3.63) is 36.0 Å². The molecule has 0 N–H and O–H groups in total. The number of fused-ring (bicyclic) bond motifs is 5. The molecule has 186 valence electrons. The van der Waals surface area contributed by atoms with Crippen molar-refractivity contribution in [2.75, 3.05) is 6.61 Å². The van der Waals surface area contributed by atoms with Crippen LogP contribution in [-0.2, 0) is 33.4 Å². The molecule has 0 aliphatic heterocycles. The van der Waals surface area contributed by atoms with Crippen molar-refractivity contribution in [3.8, 4) is 0 Å². The molecule has 0 aromatic rings. The van der Waals surface area contributed by atoms with E-state index in [9.17, 15) is 24.0 Å². The summed E-state index contributed by atoms with van der Waals surface area (Å²) >= 11 is 0. The Morgan fingerprint density at radius 2 is 1.79 bits per heavy atom. The second-order valence-corrected chi connectivity index (χ2v) is 10.3. The minimum absolute atomic E-state index is 0. The fourth-order valence-electron chi connectivity index (χ4n) is 6.80. The van der Waals surface area contributed by atoms with Crippen molar-refractivity contribution in [1.29, 1.82) is 0 Å². The van der Waals surface area contributed by atoms with Gasteiger partial charge in [0.25, 0.3) is 0 Å². The summed E-state index contributed by atoms with van der Waals surface area (Å²) in [6.07, 6.45) is 10.0. The van der Waals surface area contributed by atoms with Crippen molar-refractivity contribution in [1.82, 2.24) is 0 Å². The van der Waals surface area contributed by atoms with Gasteiger partial charge in [-0.2, -0.15) is 0 Å². The summed E-state index contributed by atoms with van der Waals surface area (Å²) in [7, 11) is 0. The summed E-state index contributed by atoms with van der Waals surface area (Å²) in [4.78, 5) is 63.5. The number of hydrogen-bond acceptors (Lipinski definition) is 7. The summed E-state index contributed by atoms with van der Waals surface area (Å²) < 4.78 is 11.0. The fraction of sp³-hybridized carbons (Fsp3) is 0.593. The summed E-state index contributed by atoms with van der Waals surface area (Å²) in [6, 6.07) is 0. The second kappa shape index (κ2) is 8.43. The maximum absolute atomic E-state index is 13.8. The smallest absolute Gasteiger partial charge is 0.306 e. The van der Waals surface area contributed by atoms with E-state index in [4.69, 9.17) is 9.47 Å². The van der Waals surface area contributed by atoms with Crippen LogP contribution in [0.15, 0.2) is 36.0 Å². The van der Waals surface area contributed by atoms with E-state index in [0.29, 0.717) is 6.42 Å². The SMILES string of the molecule is CCC(=O)OCC(=O)[C@@]1(OC(=O)CC)CCC2[C@@H]3C=CC4=CC(=O)C=C[C@]4(C)C3C(=O)C[C@@]21C.[HH].[HH]. The van der Waals surface area contributed by atoms with Gasteiger partial charge >= 0.3 is 11.9 Å². The average Bonchev–Trinajstić information content (AvgIpc) is 3.09. The molecule has 0 heterocycles. The summed E-state index contributed by atoms with van der Waals surface area (Å²) in [5, 5.41) is 0. The fourth-order valence-corrected chi connectivity index (χ4v) is 6.80. The molecule has 34 heavy (non-hydrogen) atoms. The van der Waals surface area contributed by atoms with Crippen molar-refractivity contribution in [2.45, 2.75) is 65.4 Å². The van der Waals surface area contributed by atoms with Gasteiger partial charge in [-0.15, -0.1) is 0 Å². The highest BCUT2D eigenvalue weighted by Crippen LogP contribution is 2.65. The van der Waals surface area contributed by atoms with Crippen LogP contribution < -0.4 is 0 Å². The minimum Gasteiger partial charge on any atom is -0.457 e. The Morgan fingerprint density at radius 3 is 2.47 bits per heavy atom.